The Kier molecular flexibility index (Phi) is 16.7. The van der Waals surface area contributed by atoms with Gasteiger partial charge in [0.2, 0.25) is 57.2 Å². The Bertz CT molecular complexity index is 3810. The van der Waals surface area contributed by atoms with Crippen LogP contribution in [0, 0.1) is 5.92 Å². The summed E-state index contributed by atoms with van der Waals surface area (Å²) in [4.78, 5) is 133. The number of ether oxygens (including phenoxy) is 4. The van der Waals surface area contributed by atoms with E-state index in [1.54, 1.807) is 48.2 Å². The molecule has 7 heterocycles. The molecule has 1 fully saturated rings. The van der Waals surface area contributed by atoms with Gasteiger partial charge in [-0.15, -0.1) is 0 Å². The van der Waals surface area contributed by atoms with Gasteiger partial charge in [0.1, 0.15) is 28.2 Å². The van der Waals surface area contributed by atoms with Crippen molar-refractivity contribution in [3.63, 3.8) is 0 Å². The number of hydrogen-bond donors (Lipinski definition) is 7. The SMILES string of the molecule is [2H]C1([2H])Oc2cc3nc4c(c(CNC(=O)[C@@H](OCNC(=O)CNC(=O)[C@H](Cc5ccccc5)NC(=O)CNC(=O)CNC(=O)CCCCCN5CCc6nc(S(C)(=O)=O)ncc6C5=O)C5CC5)c3cc2O1)Cn1c-4cc2c(c1=O)COC(=O)[C@]2(O)CC. The third kappa shape index (κ3) is 13.2. The number of hydrogen-bond acceptors (Lipinski definition) is 19. The minimum Gasteiger partial charge on any atom is -0.458 e. The first kappa shape index (κ1) is 56.6. The lowest BCUT2D eigenvalue weighted by Gasteiger charge is -2.31. The highest BCUT2D eigenvalue weighted by Crippen LogP contribution is 2.43. The Morgan fingerprint density at radius 3 is 2.34 bits per heavy atom. The Morgan fingerprint density at radius 1 is 0.859 bits per heavy atom. The van der Waals surface area contributed by atoms with E-state index in [0.717, 1.165) is 6.26 Å². The molecule has 0 saturated heterocycles. The Balaban J connectivity index is 0.684. The number of fused-ring (bicyclic) bond motifs is 7. The van der Waals surface area contributed by atoms with Crippen molar-refractivity contribution in [1.29, 1.82) is 0 Å². The van der Waals surface area contributed by atoms with E-state index < -0.39 is 108 Å². The summed E-state index contributed by atoms with van der Waals surface area (Å²) in [5.74, 6) is -4.98. The van der Waals surface area contributed by atoms with Crippen molar-refractivity contribution in [3.8, 4) is 22.9 Å². The maximum Gasteiger partial charge on any atom is 0.343 e. The molecule has 85 heavy (non-hydrogen) atoms. The maximum atomic E-state index is 14.0. The summed E-state index contributed by atoms with van der Waals surface area (Å²) in [6.45, 7) is -2.55. The summed E-state index contributed by atoms with van der Waals surface area (Å²) >= 11 is 0. The fourth-order valence-electron chi connectivity index (χ4n) is 10.6. The first-order valence-corrected chi connectivity index (χ1v) is 29.6. The molecule has 1 saturated carbocycles. The number of pyridine rings is 2. The number of nitrogens with one attached hydrogen (secondary N) is 6. The number of amides is 7. The fraction of sp³-hybridized carbons (Fsp3) is 0.439. The van der Waals surface area contributed by atoms with Gasteiger partial charge in [0, 0.05) is 73.9 Å². The second-order valence-corrected chi connectivity index (χ2v) is 23.1. The van der Waals surface area contributed by atoms with Crippen molar-refractivity contribution >= 4 is 68.1 Å². The third-order valence-electron chi connectivity index (χ3n) is 15.3. The number of sulfone groups is 1. The highest BCUT2D eigenvalue weighted by molar-refractivity contribution is 7.90. The molecule has 28 heteroatoms. The predicted molar refractivity (Wildman–Crippen MR) is 297 cm³/mol. The lowest BCUT2D eigenvalue weighted by molar-refractivity contribution is -0.172. The average Bonchev–Trinajstić information content (AvgIpc) is 1.67. The van der Waals surface area contributed by atoms with Crippen molar-refractivity contribution in [2.45, 2.75) is 107 Å². The quantitative estimate of drug-likeness (QED) is 0.0169. The molecular formula is C57H63N11O16S. The van der Waals surface area contributed by atoms with Crippen molar-refractivity contribution < 1.29 is 73.6 Å². The van der Waals surface area contributed by atoms with Crippen LogP contribution in [0.4, 0.5) is 0 Å². The zero-order chi connectivity index (χ0) is 62.0. The van der Waals surface area contributed by atoms with E-state index in [1.165, 1.54) is 22.9 Å². The molecule has 448 valence electrons. The van der Waals surface area contributed by atoms with Crippen molar-refractivity contribution in [2.24, 2.45) is 5.92 Å². The molecule has 3 atom stereocenters. The van der Waals surface area contributed by atoms with Crippen LogP contribution in [0.3, 0.4) is 0 Å². The summed E-state index contributed by atoms with van der Waals surface area (Å²) in [7, 11) is -3.62. The number of nitrogens with zero attached hydrogens (tertiary/aromatic N) is 5. The van der Waals surface area contributed by atoms with E-state index >= 15 is 0 Å². The van der Waals surface area contributed by atoms with Crippen LogP contribution < -0.4 is 46.9 Å². The zero-order valence-electron chi connectivity index (χ0n) is 48.4. The van der Waals surface area contributed by atoms with Crippen LogP contribution in [0.25, 0.3) is 22.3 Å². The van der Waals surface area contributed by atoms with E-state index in [4.69, 9.17) is 26.7 Å². The predicted octanol–water partition coefficient (Wildman–Crippen LogP) is -0.178. The summed E-state index contributed by atoms with van der Waals surface area (Å²) in [6.07, 6.45) is 4.58. The molecule has 7 N–H and O–H groups in total. The van der Waals surface area contributed by atoms with Gasteiger partial charge < -0.3 is 65.4 Å². The van der Waals surface area contributed by atoms with Gasteiger partial charge in [-0.2, -0.15) is 0 Å². The lowest BCUT2D eigenvalue weighted by atomic mass is 9.86. The Labute approximate surface area is 489 Å². The van der Waals surface area contributed by atoms with Crippen LogP contribution in [-0.2, 0) is 91.0 Å². The maximum absolute atomic E-state index is 14.0. The van der Waals surface area contributed by atoms with Crippen LogP contribution in [0.1, 0.15) is 98.5 Å². The van der Waals surface area contributed by atoms with Gasteiger partial charge in [-0.3, -0.25) is 38.4 Å². The monoisotopic (exact) mass is 1190 g/mol. The first-order valence-electron chi connectivity index (χ1n) is 28.7. The van der Waals surface area contributed by atoms with Crippen molar-refractivity contribution in [1.82, 2.24) is 56.3 Å². The molecule has 3 aromatic heterocycles. The van der Waals surface area contributed by atoms with E-state index in [2.05, 4.69) is 41.9 Å². The van der Waals surface area contributed by atoms with Crippen molar-refractivity contribution in [3.05, 3.63) is 104 Å². The van der Waals surface area contributed by atoms with E-state index in [1.807, 2.05) is 0 Å². The fourth-order valence-corrected chi connectivity index (χ4v) is 11.1. The summed E-state index contributed by atoms with van der Waals surface area (Å²) in [5.41, 5.74) is 0.911. The van der Waals surface area contributed by atoms with Crippen LogP contribution >= 0.6 is 0 Å². The molecule has 0 unspecified atom stereocenters. The highest BCUT2D eigenvalue weighted by atomic mass is 32.2. The second-order valence-electron chi connectivity index (χ2n) is 21.2. The Morgan fingerprint density at radius 2 is 1.59 bits per heavy atom. The number of aliphatic hydroxyl groups is 1. The van der Waals surface area contributed by atoms with E-state index in [0.29, 0.717) is 96.3 Å². The molecule has 5 aromatic rings. The van der Waals surface area contributed by atoms with Crippen LogP contribution in [0.2, 0.25) is 0 Å². The number of cyclic esters (lactones) is 1. The summed E-state index contributed by atoms with van der Waals surface area (Å²) in [6, 6.07) is 12.1. The minimum atomic E-state index is -3.62. The smallest absolute Gasteiger partial charge is 0.343 e. The number of rotatable bonds is 25. The normalized spacial score (nSPS) is 18.0. The largest absolute Gasteiger partial charge is 0.458 e. The van der Waals surface area contributed by atoms with Crippen LogP contribution in [0.15, 0.2) is 64.7 Å². The number of benzene rings is 2. The van der Waals surface area contributed by atoms with Gasteiger partial charge in [-0.1, -0.05) is 43.7 Å². The molecule has 7 amide bonds. The standard InChI is InChI=1S/C57H63N11O16S/c1-3-57(78)38-20-42-49-36(27-68(42)54(76)37(38)28-81-55(57)77)34(33-19-43-44(84-30-83-43)21-40(33)65-49)22-60-52(74)50(32-13-14-32)82-29-63-47(71)25-61-51(73)41(18-31-10-6-4-7-11-31)64-48(72)26-59-46(70)24-58-45(69)12-8-5-9-16-67-17-15-39-35(53(67)75)23-62-56(66-39)85(2,79)80/h4,6-7,10-11,19-21,23,32,41,50,78H,3,5,8-9,12-18,22,24-30H2,1-2H3,(H,58,69)(H,59,70)(H,60,74)(H,61,73)(H,63,71)(H,64,72)/t41-,50-,57-/m0/s1/i30D2. The van der Waals surface area contributed by atoms with E-state index in [-0.39, 0.29) is 84.1 Å². The van der Waals surface area contributed by atoms with Crippen LogP contribution in [0.5, 0.6) is 11.5 Å². The number of unbranched alkanes of at least 4 members (excludes halogenated alkanes) is 2. The van der Waals surface area contributed by atoms with Gasteiger partial charge in [-0.05, 0) is 61.3 Å². The minimum absolute atomic E-state index is 0.0153. The molecular weight excluding hydrogens is 1130 g/mol. The van der Waals surface area contributed by atoms with Gasteiger partial charge >= 0.3 is 5.97 Å². The zero-order valence-corrected chi connectivity index (χ0v) is 47.2. The van der Waals surface area contributed by atoms with Gasteiger partial charge in [0.25, 0.3) is 11.5 Å². The first-order chi connectivity index (χ1) is 41.5. The topological polar surface area (TPSA) is 364 Å². The number of aromatic nitrogens is 4. The molecule has 4 aliphatic heterocycles. The molecule has 0 bridgehead atoms. The van der Waals surface area contributed by atoms with Crippen molar-refractivity contribution in [2.75, 3.05) is 52.5 Å². The molecule has 2 aromatic carbocycles. The lowest BCUT2D eigenvalue weighted by Crippen LogP contribution is -2.52. The second kappa shape index (κ2) is 25.1. The molecule has 27 nitrogen and oxygen atoms in total. The van der Waals surface area contributed by atoms with E-state index in [9.17, 15) is 56.7 Å². The number of esters is 1. The number of carbonyl (C=O) groups excluding carboxylic acids is 8. The Hall–Kier alpha value is -8.89. The van der Waals surface area contributed by atoms with Gasteiger partial charge in [-0.25, -0.2) is 28.2 Å². The third-order valence-corrected chi connectivity index (χ3v) is 16.2. The summed E-state index contributed by atoms with van der Waals surface area (Å²) < 4.78 is 63.1. The molecule has 1 aliphatic carbocycles. The van der Waals surface area contributed by atoms with Crippen LogP contribution in [-0.4, -0.2) is 150 Å². The highest BCUT2D eigenvalue weighted by Gasteiger charge is 2.46. The number of carbonyl (C=O) groups is 8. The van der Waals surface area contributed by atoms with Gasteiger partial charge in [0.15, 0.2) is 17.1 Å². The molecule has 5 aliphatic rings. The summed E-state index contributed by atoms with van der Waals surface area (Å²) in [5, 5.41) is 27.0. The van der Waals surface area contributed by atoms with Gasteiger partial charge in [0.05, 0.1) is 59.9 Å². The molecule has 10 rings (SSSR count). The average molecular weight is 1190 g/mol. The molecule has 0 spiro atoms. The molecule has 0 radical (unpaired) electrons.